The van der Waals surface area contributed by atoms with E-state index in [2.05, 4.69) is 26.5 Å². The highest BCUT2D eigenvalue weighted by molar-refractivity contribution is 9.10. The number of carbonyl (C=O) groups excluding carboxylic acids is 1. The van der Waals surface area contributed by atoms with Crippen molar-refractivity contribution < 1.29 is 19.6 Å². The number of nitrogens with one attached hydrogen (secondary N) is 1. The van der Waals surface area contributed by atoms with E-state index >= 15 is 0 Å². The Morgan fingerprint density at radius 2 is 1.97 bits per heavy atom. The summed E-state index contributed by atoms with van der Waals surface area (Å²) in [5.41, 5.74) is 3.43. The fraction of sp³-hybridized carbons (Fsp3) is 0.0476. The third kappa shape index (κ3) is 5.42. The third-order valence-corrected chi connectivity index (χ3v) is 4.50. The first kappa shape index (κ1) is 21.0. The number of rotatable bonds is 7. The van der Waals surface area contributed by atoms with Crippen LogP contribution in [0.2, 0.25) is 0 Å². The summed E-state index contributed by atoms with van der Waals surface area (Å²) in [6, 6.07) is 17.8. The molecule has 152 valence electrons. The van der Waals surface area contributed by atoms with Gasteiger partial charge in [0.25, 0.3) is 11.6 Å². The molecule has 0 aliphatic heterocycles. The number of hydrogen-bond acceptors (Lipinski definition) is 6. The number of halogens is 1. The molecule has 8 nitrogen and oxygen atoms in total. The minimum Gasteiger partial charge on any atom is -0.507 e. The normalized spacial score (nSPS) is 10.7. The van der Waals surface area contributed by atoms with Crippen molar-refractivity contribution in [2.45, 2.75) is 6.61 Å². The van der Waals surface area contributed by atoms with Crippen LogP contribution in [0.3, 0.4) is 0 Å². The minimum absolute atomic E-state index is 0.101. The second-order valence-electron chi connectivity index (χ2n) is 6.11. The molecule has 0 heterocycles. The van der Waals surface area contributed by atoms with Crippen LogP contribution in [0.1, 0.15) is 21.5 Å². The van der Waals surface area contributed by atoms with Crippen molar-refractivity contribution in [3.8, 4) is 11.5 Å². The van der Waals surface area contributed by atoms with E-state index in [1.807, 2.05) is 24.3 Å². The second kappa shape index (κ2) is 9.66. The van der Waals surface area contributed by atoms with E-state index in [0.29, 0.717) is 5.75 Å². The minimum atomic E-state index is -0.589. The molecule has 2 N–H and O–H groups in total. The zero-order valence-corrected chi connectivity index (χ0v) is 17.1. The lowest BCUT2D eigenvalue weighted by Gasteiger charge is -2.10. The number of nitrogens with zero attached hydrogens (tertiary/aromatic N) is 2. The molecule has 0 saturated heterocycles. The molecule has 30 heavy (non-hydrogen) atoms. The molecule has 0 fully saturated rings. The summed E-state index contributed by atoms with van der Waals surface area (Å²) in [5, 5.41) is 24.4. The van der Waals surface area contributed by atoms with Gasteiger partial charge in [0.15, 0.2) is 0 Å². The third-order valence-electron chi connectivity index (χ3n) is 4.01. The van der Waals surface area contributed by atoms with Crippen molar-refractivity contribution in [2.24, 2.45) is 5.10 Å². The van der Waals surface area contributed by atoms with E-state index < -0.39 is 10.8 Å². The molecule has 0 spiro atoms. The molecule has 3 aromatic rings. The van der Waals surface area contributed by atoms with Crippen LogP contribution < -0.4 is 10.2 Å². The summed E-state index contributed by atoms with van der Waals surface area (Å²) in [6.07, 6.45) is 1.13. The van der Waals surface area contributed by atoms with E-state index in [0.717, 1.165) is 22.3 Å². The molecule has 3 rings (SSSR count). The Hall–Kier alpha value is -3.72. The summed E-state index contributed by atoms with van der Waals surface area (Å²) in [5.74, 6) is -0.347. The fourth-order valence-electron chi connectivity index (χ4n) is 2.55. The molecule has 0 aliphatic rings. The monoisotopic (exact) mass is 469 g/mol. The first-order valence-corrected chi connectivity index (χ1v) is 9.50. The van der Waals surface area contributed by atoms with Gasteiger partial charge in [-0.3, -0.25) is 14.9 Å². The number of phenolic OH excluding ortho intramolecular Hbond substituents is 1. The topological polar surface area (TPSA) is 114 Å². The van der Waals surface area contributed by atoms with Crippen LogP contribution >= 0.6 is 15.9 Å². The first-order chi connectivity index (χ1) is 14.4. The zero-order valence-electron chi connectivity index (χ0n) is 15.5. The van der Waals surface area contributed by atoms with Crippen molar-refractivity contribution in [1.29, 1.82) is 0 Å². The van der Waals surface area contributed by atoms with Crippen molar-refractivity contribution in [2.75, 3.05) is 0 Å². The van der Waals surface area contributed by atoms with Gasteiger partial charge in [0.1, 0.15) is 18.1 Å². The Kier molecular flexibility index (Phi) is 6.76. The standard InChI is InChI=1S/C21H16BrN3O5/c22-16-5-3-4-14(10-16)13-30-20-7-2-1-6-18(20)21(27)24-23-12-15-11-17(25(28)29)8-9-19(15)26/h1-12,26H,13H2,(H,24,27). The van der Waals surface area contributed by atoms with E-state index in [1.54, 1.807) is 24.3 Å². The van der Waals surface area contributed by atoms with Crippen LogP contribution in [0.15, 0.2) is 76.3 Å². The molecule has 0 bridgehead atoms. The van der Waals surface area contributed by atoms with Gasteiger partial charge in [0.05, 0.1) is 16.7 Å². The lowest BCUT2D eigenvalue weighted by molar-refractivity contribution is -0.384. The molecule has 0 saturated carbocycles. The average molecular weight is 470 g/mol. The average Bonchev–Trinajstić information content (AvgIpc) is 2.73. The second-order valence-corrected chi connectivity index (χ2v) is 7.03. The number of phenols is 1. The van der Waals surface area contributed by atoms with E-state index in [9.17, 15) is 20.0 Å². The molecule has 3 aromatic carbocycles. The molecule has 0 radical (unpaired) electrons. The molecule has 0 aromatic heterocycles. The predicted molar refractivity (Wildman–Crippen MR) is 115 cm³/mol. The first-order valence-electron chi connectivity index (χ1n) is 8.71. The molecular formula is C21H16BrN3O5. The molecule has 0 aliphatic carbocycles. The predicted octanol–water partition coefficient (Wildman–Crippen LogP) is 4.41. The number of hydrogen-bond donors (Lipinski definition) is 2. The highest BCUT2D eigenvalue weighted by Gasteiger charge is 2.12. The van der Waals surface area contributed by atoms with Gasteiger partial charge in [-0.15, -0.1) is 0 Å². The highest BCUT2D eigenvalue weighted by atomic mass is 79.9. The van der Waals surface area contributed by atoms with Crippen LogP contribution in [-0.4, -0.2) is 22.2 Å². The van der Waals surface area contributed by atoms with Gasteiger partial charge in [-0.1, -0.05) is 40.2 Å². The van der Waals surface area contributed by atoms with E-state index in [1.165, 1.54) is 12.1 Å². The van der Waals surface area contributed by atoms with Gasteiger partial charge < -0.3 is 9.84 Å². The van der Waals surface area contributed by atoms with Crippen LogP contribution in [-0.2, 0) is 6.61 Å². The van der Waals surface area contributed by atoms with E-state index in [4.69, 9.17) is 4.74 Å². The van der Waals surface area contributed by atoms with Gasteiger partial charge in [0.2, 0.25) is 0 Å². The maximum absolute atomic E-state index is 12.5. The van der Waals surface area contributed by atoms with Crippen LogP contribution in [0, 0.1) is 10.1 Å². The summed E-state index contributed by atoms with van der Waals surface area (Å²) in [6.45, 7) is 0.272. The molecule has 9 heteroatoms. The molecule has 0 atom stereocenters. The molecular weight excluding hydrogens is 454 g/mol. The Balaban J connectivity index is 1.69. The zero-order chi connectivity index (χ0) is 21.5. The van der Waals surface area contributed by atoms with Crippen molar-refractivity contribution in [3.05, 3.63) is 98.0 Å². The number of para-hydroxylation sites is 1. The maximum Gasteiger partial charge on any atom is 0.275 e. The summed E-state index contributed by atoms with van der Waals surface area (Å²) >= 11 is 3.40. The number of ether oxygens (including phenoxy) is 1. The lowest BCUT2D eigenvalue weighted by atomic mass is 10.2. The number of carbonyl (C=O) groups is 1. The van der Waals surface area contributed by atoms with Crippen LogP contribution in [0.5, 0.6) is 11.5 Å². The van der Waals surface area contributed by atoms with Gasteiger partial charge >= 0.3 is 0 Å². The van der Waals surface area contributed by atoms with Gasteiger partial charge in [-0.2, -0.15) is 5.10 Å². The summed E-state index contributed by atoms with van der Waals surface area (Å²) < 4.78 is 6.70. The Labute approximate surface area is 180 Å². The van der Waals surface area contributed by atoms with Gasteiger partial charge in [-0.25, -0.2) is 5.43 Å². The maximum atomic E-state index is 12.5. The number of nitro groups is 1. The Bertz CT molecular complexity index is 1120. The van der Waals surface area contributed by atoms with Gasteiger partial charge in [-0.05, 0) is 35.9 Å². The van der Waals surface area contributed by atoms with Gasteiger partial charge in [0, 0.05) is 22.2 Å². The molecule has 1 amide bonds. The SMILES string of the molecule is O=C(NN=Cc1cc([N+](=O)[O-])ccc1O)c1ccccc1OCc1cccc(Br)c1. The number of aromatic hydroxyl groups is 1. The number of amides is 1. The highest BCUT2D eigenvalue weighted by Crippen LogP contribution is 2.22. The van der Waals surface area contributed by atoms with Crippen LogP contribution in [0.4, 0.5) is 5.69 Å². The van der Waals surface area contributed by atoms with Crippen molar-refractivity contribution in [1.82, 2.24) is 5.43 Å². The quantitative estimate of drug-likeness (QED) is 0.302. The number of non-ortho nitro benzene ring substituents is 1. The largest absolute Gasteiger partial charge is 0.507 e. The Morgan fingerprint density at radius 1 is 1.17 bits per heavy atom. The van der Waals surface area contributed by atoms with Crippen molar-refractivity contribution in [3.63, 3.8) is 0 Å². The van der Waals surface area contributed by atoms with Crippen LogP contribution in [0.25, 0.3) is 0 Å². The number of hydrazone groups is 1. The number of benzene rings is 3. The fourth-order valence-corrected chi connectivity index (χ4v) is 2.99. The van der Waals surface area contributed by atoms with E-state index in [-0.39, 0.29) is 29.2 Å². The molecule has 0 unspecified atom stereocenters. The summed E-state index contributed by atoms with van der Waals surface area (Å²) in [7, 11) is 0. The lowest BCUT2D eigenvalue weighted by Crippen LogP contribution is -2.18. The number of nitro benzene ring substituents is 1. The smallest absolute Gasteiger partial charge is 0.275 e. The Morgan fingerprint density at radius 3 is 2.73 bits per heavy atom. The van der Waals surface area contributed by atoms with Crippen molar-refractivity contribution >= 4 is 33.7 Å². The summed E-state index contributed by atoms with van der Waals surface area (Å²) in [4.78, 5) is 22.8.